The number of rotatable bonds is 16. The number of unbranched alkanes of at least 4 members (excludes halogenated alkanes) is 6. The third-order valence-corrected chi connectivity index (χ3v) is 3.50. The molecule has 0 aromatic rings. The summed E-state index contributed by atoms with van der Waals surface area (Å²) in [4.78, 5) is 0. The number of hydrogen-bond acceptors (Lipinski definition) is 3. The van der Waals surface area contributed by atoms with E-state index >= 15 is 0 Å². The molecule has 3 nitrogen and oxygen atoms in total. The van der Waals surface area contributed by atoms with E-state index < -0.39 is 6.10 Å². The van der Waals surface area contributed by atoms with Crippen molar-refractivity contribution >= 4 is 23.2 Å². The fourth-order valence-corrected chi connectivity index (χ4v) is 2.17. The van der Waals surface area contributed by atoms with Gasteiger partial charge in [0.15, 0.2) is 0 Å². The normalized spacial score (nSPS) is 11.4. The maximum atomic E-state index is 9.65. The molecule has 0 aliphatic heterocycles. The topological polar surface area (TPSA) is 38.7 Å². The Bertz CT molecular complexity index is 165. The molecule has 0 spiro atoms. The molecule has 0 amide bonds. The van der Waals surface area contributed by atoms with Crippen molar-refractivity contribution in [3.63, 3.8) is 0 Å². The van der Waals surface area contributed by atoms with Gasteiger partial charge in [-0.2, -0.15) is 0 Å². The lowest BCUT2D eigenvalue weighted by molar-refractivity contribution is -0.0200. The van der Waals surface area contributed by atoms with Crippen molar-refractivity contribution in [3.05, 3.63) is 0 Å². The van der Waals surface area contributed by atoms with Gasteiger partial charge in [0, 0.05) is 25.0 Å². The molecule has 5 heteroatoms. The molecule has 0 atom stereocenters. The minimum atomic E-state index is -0.513. The standard InChI is InChI=1S/C15H30Cl2O3/c16-9-5-1-3-7-11-19-13-15(18)14-20-12-8-4-2-6-10-17/h15,18H,1-14H2. The van der Waals surface area contributed by atoms with Crippen LogP contribution in [-0.2, 0) is 9.47 Å². The van der Waals surface area contributed by atoms with Crippen molar-refractivity contribution < 1.29 is 14.6 Å². The molecule has 0 aliphatic carbocycles. The second-order valence-electron chi connectivity index (χ2n) is 5.01. The van der Waals surface area contributed by atoms with Crippen LogP contribution in [0.25, 0.3) is 0 Å². The molecule has 0 radical (unpaired) electrons. The minimum absolute atomic E-state index is 0.363. The van der Waals surface area contributed by atoms with E-state index in [2.05, 4.69) is 0 Å². The van der Waals surface area contributed by atoms with Crippen LogP contribution >= 0.6 is 23.2 Å². The summed E-state index contributed by atoms with van der Waals surface area (Å²) in [5, 5.41) is 9.65. The van der Waals surface area contributed by atoms with E-state index in [0.717, 1.165) is 63.1 Å². The van der Waals surface area contributed by atoms with Crippen molar-refractivity contribution in [1.29, 1.82) is 0 Å². The number of aliphatic hydroxyl groups is 1. The fraction of sp³-hybridized carbons (Fsp3) is 1.00. The second kappa shape index (κ2) is 17.5. The summed E-state index contributed by atoms with van der Waals surface area (Å²) in [6.07, 6.45) is 8.29. The van der Waals surface area contributed by atoms with Crippen molar-refractivity contribution in [2.45, 2.75) is 57.5 Å². The van der Waals surface area contributed by atoms with Crippen LogP contribution in [0.15, 0.2) is 0 Å². The van der Waals surface area contributed by atoms with Crippen LogP contribution in [0.2, 0.25) is 0 Å². The third kappa shape index (κ3) is 16.5. The molecule has 0 aliphatic rings. The van der Waals surface area contributed by atoms with Gasteiger partial charge in [0.05, 0.1) is 13.2 Å². The third-order valence-electron chi connectivity index (χ3n) is 2.97. The number of halogens is 2. The summed E-state index contributed by atoms with van der Waals surface area (Å²) in [6, 6.07) is 0. The molecule has 0 heterocycles. The lowest BCUT2D eigenvalue weighted by atomic mass is 10.2. The molecule has 0 rings (SSSR count). The molecule has 1 N–H and O–H groups in total. The van der Waals surface area contributed by atoms with Crippen LogP contribution in [0.4, 0.5) is 0 Å². The molecule has 0 aromatic heterocycles. The first-order valence-corrected chi connectivity index (χ1v) is 8.83. The van der Waals surface area contributed by atoms with E-state index in [4.69, 9.17) is 32.7 Å². The zero-order valence-electron chi connectivity index (χ0n) is 12.5. The highest BCUT2D eigenvalue weighted by Crippen LogP contribution is 2.03. The van der Waals surface area contributed by atoms with Gasteiger partial charge in [0.25, 0.3) is 0 Å². The van der Waals surface area contributed by atoms with Gasteiger partial charge in [0.1, 0.15) is 6.10 Å². The van der Waals surface area contributed by atoms with E-state index in [1.54, 1.807) is 0 Å². The Morgan fingerprint density at radius 3 is 1.45 bits per heavy atom. The van der Waals surface area contributed by atoms with Gasteiger partial charge >= 0.3 is 0 Å². The first-order chi connectivity index (χ1) is 9.81. The predicted octanol–water partition coefficient (Wildman–Crippen LogP) is 3.98. The van der Waals surface area contributed by atoms with Crippen molar-refractivity contribution in [2.75, 3.05) is 38.2 Å². The quantitative estimate of drug-likeness (QED) is 0.344. The summed E-state index contributed by atoms with van der Waals surface area (Å²) < 4.78 is 10.8. The molecular formula is C15H30Cl2O3. The van der Waals surface area contributed by atoms with Crippen LogP contribution in [0.5, 0.6) is 0 Å². The smallest absolute Gasteiger partial charge is 0.101 e. The van der Waals surface area contributed by atoms with E-state index in [9.17, 15) is 5.11 Å². The number of hydrogen-bond donors (Lipinski definition) is 1. The Hall–Kier alpha value is 0.460. The molecule has 20 heavy (non-hydrogen) atoms. The highest BCUT2D eigenvalue weighted by Gasteiger charge is 2.04. The fourth-order valence-electron chi connectivity index (χ4n) is 1.79. The average Bonchev–Trinajstić information content (AvgIpc) is 2.45. The molecule has 0 saturated carbocycles. The maximum absolute atomic E-state index is 9.65. The molecule has 0 saturated heterocycles. The maximum Gasteiger partial charge on any atom is 0.101 e. The van der Waals surface area contributed by atoms with E-state index in [1.165, 1.54) is 0 Å². The Morgan fingerprint density at radius 1 is 0.650 bits per heavy atom. The van der Waals surface area contributed by atoms with Crippen molar-refractivity contribution in [2.24, 2.45) is 0 Å². The molecule has 0 bridgehead atoms. The zero-order chi connectivity index (χ0) is 14.9. The van der Waals surface area contributed by atoms with Crippen LogP contribution in [0.1, 0.15) is 51.4 Å². The summed E-state index contributed by atoms with van der Waals surface area (Å²) in [5.41, 5.74) is 0. The minimum Gasteiger partial charge on any atom is -0.388 e. The van der Waals surface area contributed by atoms with E-state index in [1.807, 2.05) is 0 Å². The van der Waals surface area contributed by atoms with Gasteiger partial charge in [-0.3, -0.25) is 0 Å². The number of aliphatic hydroxyl groups excluding tert-OH is 1. The summed E-state index contributed by atoms with van der Waals surface area (Å²) >= 11 is 11.2. The Morgan fingerprint density at radius 2 is 1.05 bits per heavy atom. The van der Waals surface area contributed by atoms with Gasteiger partial charge in [-0.25, -0.2) is 0 Å². The Kier molecular flexibility index (Phi) is 17.9. The summed E-state index contributed by atoms with van der Waals surface area (Å²) in [7, 11) is 0. The zero-order valence-corrected chi connectivity index (χ0v) is 14.0. The first-order valence-electron chi connectivity index (χ1n) is 7.76. The summed E-state index contributed by atoms with van der Waals surface area (Å²) in [5.74, 6) is 1.48. The molecule has 0 aromatic carbocycles. The van der Waals surface area contributed by atoms with Gasteiger partial charge in [0.2, 0.25) is 0 Å². The molecule has 0 fully saturated rings. The second-order valence-corrected chi connectivity index (χ2v) is 5.77. The molecule has 122 valence electrons. The van der Waals surface area contributed by atoms with Gasteiger partial charge < -0.3 is 14.6 Å². The predicted molar refractivity (Wildman–Crippen MR) is 86.0 cm³/mol. The van der Waals surface area contributed by atoms with Crippen LogP contribution in [0, 0.1) is 0 Å². The first kappa shape index (κ1) is 20.5. The van der Waals surface area contributed by atoms with Gasteiger partial charge in [-0.1, -0.05) is 25.7 Å². The molecule has 0 unspecified atom stereocenters. The largest absolute Gasteiger partial charge is 0.388 e. The average molecular weight is 329 g/mol. The lowest BCUT2D eigenvalue weighted by Crippen LogP contribution is -2.22. The van der Waals surface area contributed by atoms with Crippen LogP contribution in [0.3, 0.4) is 0 Å². The Labute approximate surface area is 133 Å². The monoisotopic (exact) mass is 328 g/mol. The lowest BCUT2D eigenvalue weighted by Gasteiger charge is -2.11. The number of alkyl halides is 2. The summed E-state index contributed by atoms with van der Waals surface area (Å²) in [6.45, 7) is 2.14. The molecular weight excluding hydrogens is 299 g/mol. The highest BCUT2D eigenvalue weighted by atomic mass is 35.5. The van der Waals surface area contributed by atoms with Gasteiger partial charge in [-0.15, -0.1) is 23.2 Å². The highest BCUT2D eigenvalue weighted by molar-refractivity contribution is 6.18. The van der Waals surface area contributed by atoms with Crippen LogP contribution in [-0.4, -0.2) is 49.4 Å². The van der Waals surface area contributed by atoms with Crippen LogP contribution < -0.4 is 0 Å². The van der Waals surface area contributed by atoms with Crippen molar-refractivity contribution in [1.82, 2.24) is 0 Å². The van der Waals surface area contributed by atoms with E-state index in [0.29, 0.717) is 26.4 Å². The van der Waals surface area contributed by atoms with Gasteiger partial charge in [-0.05, 0) is 25.7 Å². The SMILES string of the molecule is OC(COCCCCCCCl)COCCCCCCCl. The van der Waals surface area contributed by atoms with E-state index in [-0.39, 0.29) is 0 Å². The van der Waals surface area contributed by atoms with Crippen molar-refractivity contribution in [3.8, 4) is 0 Å². The Balaban J connectivity index is 3.11. The number of ether oxygens (including phenoxy) is 2.